The molecule has 0 aromatic carbocycles. The summed E-state index contributed by atoms with van der Waals surface area (Å²) in [5, 5.41) is 2.99. The third kappa shape index (κ3) is 2.66. The molecular formula is C12H24N2O2S. The van der Waals surface area contributed by atoms with Crippen molar-refractivity contribution in [3.05, 3.63) is 0 Å². The highest BCUT2D eigenvalue weighted by molar-refractivity contribution is 7.89. The van der Waals surface area contributed by atoms with Crippen LogP contribution in [0.3, 0.4) is 0 Å². The van der Waals surface area contributed by atoms with Gasteiger partial charge in [-0.15, -0.1) is 0 Å². The number of sulfonamides is 1. The van der Waals surface area contributed by atoms with Crippen LogP contribution in [0.25, 0.3) is 0 Å². The van der Waals surface area contributed by atoms with Gasteiger partial charge >= 0.3 is 0 Å². The summed E-state index contributed by atoms with van der Waals surface area (Å²) in [5.41, 5.74) is 0. The van der Waals surface area contributed by atoms with Crippen molar-refractivity contribution in [2.45, 2.75) is 63.3 Å². The largest absolute Gasteiger partial charge is 0.315 e. The molecule has 1 N–H and O–H groups in total. The second-order valence-corrected chi connectivity index (χ2v) is 7.59. The molecule has 0 saturated carbocycles. The molecule has 5 heteroatoms. The Bertz CT molecular complexity index is 340. The molecule has 4 nitrogen and oxygen atoms in total. The highest BCUT2D eigenvalue weighted by atomic mass is 32.2. The number of hydrogen-bond acceptors (Lipinski definition) is 3. The average molecular weight is 260 g/mol. The van der Waals surface area contributed by atoms with Crippen LogP contribution in [0.4, 0.5) is 0 Å². The van der Waals surface area contributed by atoms with Crippen LogP contribution in [0, 0.1) is 0 Å². The first-order chi connectivity index (χ1) is 8.03. The van der Waals surface area contributed by atoms with Crippen molar-refractivity contribution < 1.29 is 8.42 Å². The van der Waals surface area contributed by atoms with E-state index in [0.717, 1.165) is 38.6 Å². The van der Waals surface area contributed by atoms with E-state index in [4.69, 9.17) is 0 Å². The summed E-state index contributed by atoms with van der Waals surface area (Å²) in [7, 11) is -3.11. The Morgan fingerprint density at radius 2 is 1.71 bits per heavy atom. The lowest BCUT2D eigenvalue weighted by molar-refractivity contribution is 0.201. The van der Waals surface area contributed by atoms with Gasteiger partial charge < -0.3 is 5.32 Å². The summed E-state index contributed by atoms with van der Waals surface area (Å²) >= 11 is 0. The van der Waals surface area contributed by atoms with E-state index in [9.17, 15) is 8.42 Å². The molecule has 0 radical (unpaired) electrons. The maximum Gasteiger partial charge on any atom is 0.218 e. The highest BCUT2D eigenvalue weighted by Crippen LogP contribution is 2.29. The molecule has 0 spiro atoms. The first-order valence-corrected chi connectivity index (χ1v) is 8.27. The molecule has 100 valence electrons. The first-order valence-electron chi connectivity index (χ1n) is 6.76. The van der Waals surface area contributed by atoms with Crippen molar-refractivity contribution >= 4 is 10.0 Å². The number of nitrogens with zero attached hydrogens (tertiary/aromatic N) is 1. The fraction of sp³-hybridized carbons (Fsp3) is 1.00. The number of piperidine rings is 2. The molecular weight excluding hydrogens is 236 g/mol. The van der Waals surface area contributed by atoms with Gasteiger partial charge in [-0.1, -0.05) is 6.42 Å². The minimum absolute atomic E-state index is 0.172. The fourth-order valence-corrected chi connectivity index (χ4v) is 5.50. The third-order valence-corrected chi connectivity index (χ3v) is 6.63. The Balaban J connectivity index is 2.17. The summed E-state index contributed by atoms with van der Waals surface area (Å²) in [6.45, 7) is 5.67. The number of hydrogen-bond donors (Lipinski definition) is 1. The van der Waals surface area contributed by atoms with Crippen molar-refractivity contribution in [3.8, 4) is 0 Å². The standard InChI is InChI=1S/C12H24N2O2S/c1-10-5-3-6-11(2)14(10)17(15,16)12-7-4-8-13-9-12/h10-13H,3-9H2,1-2H3. The van der Waals surface area contributed by atoms with Gasteiger partial charge in [0.1, 0.15) is 0 Å². The van der Waals surface area contributed by atoms with Crippen LogP contribution in [0.15, 0.2) is 0 Å². The molecule has 3 unspecified atom stereocenters. The predicted molar refractivity (Wildman–Crippen MR) is 69.4 cm³/mol. The van der Waals surface area contributed by atoms with Crippen LogP contribution < -0.4 is 5.32 Å². The molecule has 2 aliphatic heterocycles. The molecule has 0 aromatic heterocycles. The zero-order valence-corrected chi connectivity index (χ0v) is 11.7. The molecule has 2 aliphatic rings. The topological polar surface area (TPSA) is 49.4 Å². The Kier molecular flexibility index (Phi) is 4.10. The van der Waals surface area contributed by atoms with Crippen molar-refractivity contribution in [1.29, 1.82) is 0 Å². The maximum atomic E-state index is 12.6. The van der Waals surface area contributed by atoms with Gasteiger partial charge in [0.15, 0.2) is 0 Å². The summed E-state index contributed by atoms with van der Waals surface area (Å²) in [6, 6.07) is 0.344. The molecule has 0 amide bonds. The predicted octanol–water partition coefficient (Wildman–Crippen LogP) is 1.33. The van der Waals surface area contributed by atoms with Gasteiger partial charge in [0, 0.05) is 18.6 Å². The van der Waals surface area contributed by atoms with E-state index in [1.165, 1.54) is 0 Å². The van der Waals surface area contributed by atoms with Crippen molar-refractivity contribution in [2.24, 2.45) is 0 Å². The summed E-state index contributed by atoms with van der Waals surface area (Å²) in [5.74, 6) is 0. The lowest BCUT2D eigenvalue weighted by atomic mass is 10.0. The summed E-state index contributed by atoms with van der Waals surface area (Å²) in [4.78, 5) is 0. The molecule has 2 fully saturated rings. The zero-order valence-electron chi connectivity index (χ0n) is 10.9. The second-order valence-electron chi connectivity index (χ2n) is 5.47. The zero-order chi connectivity index (χ0) is 12.5. The van der Waals surface area contributed by atoms with Crippen LogP contribution in [-0.2, 0) is 10.0 Å². The minimum atomic E-state index is -3.11. The minimum Gasteiger partial charge on any atom is -0.315 e. The second kappa shape index (κ2) is 5.24. The highest BCUT2D eigenvalue weighted by Gasteiger charge is 2.39. The van der Waals surface area contributed by atoms with Gasteiger partial charge in [0.05, 0.1) is 5.25 Å². The Labute approximate surface area is 105 Å². The normalized spacial score (nSPS) is 36.9. The Morgan fingerprint density at radius 3 is 2.24 bits per heavy atom. The van der Waals surface area contributed by atoms with E-state index in [1.807, 2.05) is 13.8 Å². The molecule has 3 atom stereocenters. The maximum absolute atomic E-state index is 12.6. The molecule has 0 bridgehead atoms. The van der Waals surface area contributed by atoms with Gasteiger partial charge in [-0.2, -0.15) is 4.31 Å². The molecule has 2 rings (SSSR count). The van der Waals surface area contributed by atoms with Crippen LogP contribution in [-0.4, -0.2) is 43.1 Å². The monoisotopic (exact) mass is 260 g/mol. The van der Waals surface area contributed by atoms with Gasteiger partial charge in [0.25, 0.3) is 0 Å². The molecule has 0 aromatic rings. The molecule has 17 heavy (non-hydrogen) atoms. The van der Waals surface area contributed by atoms with Crippen LogP contribution >= 0.6 is 0 Å². The average Bonchev–Trinajstić information content (AvgIpc) is 2.29. The lowest BCUT2D eigenvalue weighted by Crippen LogP contribution is -2.53. The Morgan fingerprint density at radius 1 is 1.06 bits per heavy atom. The quantitative estimate of drug-likeness (QED) is 0.815. The fourth-order valence-electron chi connectivity index (χ4n) is 3.15. The molecule has 2 heterocycles. The first kappa shape index (κ1) is 13.3. The van der Waals surface area contributed by atoms with Gasteiger partial charge in [-0.3, -0.25) is 0 Å². The van der Waals surface area contributed by atoms with E-state index in [-0.39, 0.29) is 17.3 Å². The molecule has 0 aliphatic carbocycles. The molecule has 2 saturated heterocycles. The van der Waals surface area contributed by atoms with Gasteiger partial charge in [-0.05, 0) is 46.1 Å². The van der Waals surface area contributed by atoms with Gasteiger partial charge in [0.2, 0.25) is 10.0 Å². The number of nitrogens with one attached hydrogen (secondary N) is 1. The van der Waals surface area contributed by atoms with Crippen molar-refractivity contribution in [1.82, 2.24) is 9.62 Å². The van der Waals surface area contributed by atoms with E-state index in [0.29, 0.717) is 6.54 Å². The Hall–Kier alpha value is -0.130. The van der Waals surface area contributed by atoms with E-state index in [1.54, 1.807) is 4.31 Å². The van der Waals surface area contributed by atoms with Crippen molar-refractivity contribution in [3.63, 3.8) is 0 Å². The number of rotatable bonds is 2. The van der Waals surface area contributed by atoms with E-state index >= 15 is 0 Å². The van der Waals surface area contributed by atoms with Crippen LogP contribution in [0.1, 0.15) is 46.0 Å². The van der Waals surface area contributed by atoms with Crippen LogP contribution in [0.2, 0.25) is 0 Å². The van der Waals surface area contributed by atoms with Gasteiger partial charge in [-0.25, -0.2) is 8.42 Å². The van der Waals surface area contributed by atoms with Crippen LogP contribution in [0.5, 0.6) is 0 Å². The SMILES string of the molecule is CC1CCCC(C)N1S(=O)(=O)C1CCCNC1. The lowest BCUT2D eigenvalue weighted by Gasteiger charge is -2.40. The summed E-state index contributed by atoms with van der Waals surface area (Å²) < 4.78 is 27.1. The summed E-state index contributed by atoms with van der Waals surface area (Å²) in [6.07, 6.45) is 4.94. The smallest absolute Gasteiger partial charge is 0.218 e. The third-order valence-electron chi connectivity index (χ3n) is 4.08. The van der Waals surface area contributed by atoms with E-state index in [2.05, 4.69) is 5.32 Å². The van der Waals surface area contributed by atoms with Crippen molar-refractivity contribution in [2.75, 3.05) is 13.1 Å². The van der Waals surface area contributed by atoms with E-state index < -0.39 is 10.0 Å².